The van der Waals surface area contributed by atoms with E-state index in [1.807, 2.05) is 0 Å². The van der Waals surface area contributed by atoms with Crippen LogP contribution in [0, 0.1) is 0 Å². The second-order valence-corrected chi connectivity index (χ2v) is 8.95. The maximum atomic E-state index is 2.33. The number of aryl methyl sites for hydroxylation is 1. The van der Waals surface area contributed by atoms with Crippen molar-refractivity contribution in [2.75, 3.05) is 0 Å². The molecule has 0 heteroatoms. The van der Waals surface area contributed by atoms with Crippen molar-refractivity contribution in [3.63, 3.8) is 0 Å². The quantitative estimate of drug-likeness (QED) is 0.225. The van der Waals surface area contributed by atoms with Gasteiger partial charge in [-0.3, -0.25) is 0 Å². The second kappa shape index (κ2) is 17.3. The molecule has 0 nitrogen and oxygen atoms in total. The summed E-state index contributed by atoms with van der Waals surface area (Å²) in [5.74, 6) is 0.648. The molecular formula is C27H48. The molecular weight excluding hydrogens is 324 g/mol. The maximum Gasteiger partial charge on any atom is -0.0219 e. The highest BCUT2D eigenvalue weighted by molar-refractivity contribution is 5.24. The summed E-state index contributed by atoms with van der Waals surface area (Å²) in [4.78, 5) is 0. The zero-order valence-electron chi connectivity index (χ0n) is 18.9. The topological polar surface area (TPSA) is 0 Å². The monoisotopic (exact) mass is 372 g/mol. The molecule has 0 fully saturated rings. The highest BCUT2D eigenvalue weighted by atomic mass is 14.1. The molecule has 1 aromatic carbocycles. The first-order chi connectivity index (χ1) is 13.2. The molecule has 0 N–H and O–H groups in total. The minimum Gasteiger partial charge on any atom is -0.0654 e. The van der Waals surface area contributed by atoms with Crippen LogP contribution in [-0.2, 0) is 6.42 Å². The summed E-state index contributed by atoms with van der Waals surface area (Å²) >= 11 is 0. The Labute approximate surface area is 171 Å². The Morgan fingerprint density at radius 3 is 1.26 bits per heavy atom. The fourth-order valence-corrected chi connectivity index (χ4v) is 3.95. The van der Waals surface area contributed by atoms with E-state index in [-0.39, 0.29) is 0 Å². The summed E-state index contributed by atoms with van der Waals surface area (Å²) in [5.41, 5.74) is 2.98. The van der Waals surface area contributed by atoms with Gasteiger partial charge in [-0.1, -0.05) is 141 Å². The van der Waals surface area contributed by atoms with Crippen LogP contribution in [0.2, 0.25) is 0 Å². The van der Waals surface area contributed by atoms with Gasteiger partial charge in [-0.05, 0) is 29.9 Å². The Balaban J connectivity index is 1.80. The first-order valence-electron chi connectivity index (χ1n) is 12.3. The fraction of sp³-hybridized carbons (Fsp3) is 0.778. The maximum absolute atomic E-state index is 2.33. The third-order valence-corrected chi connectivity index (χ3v) is 5.97. The van der Waals surface area contributed by atoms with Gasteiger partial charge in [-0.25, -0.2) is 0 Å². The van der Waals surface area contributed by atoms with E-state index in [2.05, 4.69) is 45.0 Å². The Morgan fingerprint density at radius 1 is 0.519 bits per heavy atom. The van der Waals surface area contributed by atoms with Crippen LogP contribution >= 0.6 is 0 Å². The van der Waals surface area contributed by atoms with E-state index in [0.29, 0.717) is 5.92 Å². The molecule has 0 aromatic heterocycles. The highest BCUT2D eigenvalue weighted by Crippen LogP contribution is 2.17. The van der Waals surface area contributed by atoms with E-state index in [4.69, 9.17) is 0 Å². The summed E-state index contributed by atoms with van der Waals surface area (Å²) in [5, 5.41) is 0. The summed E-state index contributed by atoms with van der Waals surface area (Å²) < 4.78 is 0. The van der Waals surface area contributed by atoms with Crippen LogP contribution in [0.3, 0.4) is 0 Å². The lowest BCUT2D eigenvalue weighted by Gasteiger charge is -2.07. The molecule has 0 spiro atoms. The molecule has 0 aliphatic heterocycles. The first-order valence-corrected chi connectivity index (χ1v) is 12.3. The van der Waals surface area contributed by atoms with Gasteiger partial charge in [0.2, 0.25) is 0 Å². The van der Waals surface area contributed by atoms with Gasteiger partial charge in [0, 0.05) is 0 Å². The van der Waals surface area contributed by atoms with E-state index < -0.39 is 0 Å². The van der Waals surface area contributed by atoms with Gasteiger partial charge in [-0.2, -0.15) is 0 Å². The molecule has 0 radical (unpaired) electrons. The summed E-state index contributed by atoms with van der Waals surface area (Å²) in [7, 11) is 0. The van der Waals surface area contributed by atoms with Gasteiger partial charge < -0.3 is 0 Å². The molecule has 0 saturated heterocycles. The van der Waals surface area contributed by atoms with E-state index in [1.165, 1.54) is 120 Å². The zero-order valence-corrected chi connectivity index (χ0v) is 18.9. The van der Waals surface area contributed by atoms with Gasteiger partial charge in [0.1, 0.15) is 0 Å². The van der Waals surface area contributed by atoms with E-state index in [0.717, 1.165) is 0 Å². The predicted molar refractivity (Wildman–Crippen MR) is 124 cm³/mol. The minimum absolute atomic E-state index is 0.648. The van der Waals surface area contributed by atoms with Crippen molar-refractivity contribution in [3.8, 4) is 0 Å². The summed E-state index contributed by atoms with van der Waals surface area (Å²) in [6.07, 6.45) is 24.4. The lowest BCUT2D eigenvalue weighted by Crippen LogP contribution is -1.90. The van der Waals surface area contributed by atoms with Gasteiger partial charge in [0.05, 0.1) is 0 Å². The normalized spacial score (nSPS) is 11.4. The van der Waals surface area contributed by atoms with E-state index >= 15 is 0 Å². The van der Waals surface area contributed by atoms with E-state index in [9.17, 15) is 0 Å². The Bertz CT molecular complexity index is 414. The minimum atomic E-state index is 0.648. The molecule has 0 saturated carbocycles. The van der Waals surface area contributed by atoms with Gasteiger partial charge in [0.25, 0.3) is 0 Å². The smallest absolute Gasteiger partial charge is 0.0219 e. The number of hydrogen-bond donors (Lipinski definition) is 0. The van der Waals surface area contributed by atoms with Crippen LogP contribution in [0.5, 0.6) is 0 Å². The molecule has 156 valence electrons. The van der Waals surface area contributed by atoms with Crippen LogP contribution in [0.15, 0.2) is 24.3 Å². The average Bonchev–Trinajstić information content (AvgIpc) is 2.68. The number of hydrogen-bond acceptors (Lipinski definition) is 0. The third kappa shape index (κ3) is 14.0. The molecule has 0 aliphatic carbocycles. The number of rotatable bonds is 18. The molecule has 0 unspecified atom stereocenters. The fourth-order valence-electron chi connectivity index (χ4n) is 3.95. The molecule has 0 heterocycles. The second-order valence-electron chi connectivity index (χ2n) is 8.95. The van der Waals surface area contributed by atoms with Crippen LogP contribution in [0.1, 0.15) is 141 Å². The van der Waals surface area contributed by atoms with Crippen molar-refractivity contribution in [2.45, 2.75) is 136 Å². The standard InChI is InChI=1S/C27H48/c1-4-5-6-7-8-9-10-11-12-13-14-15-16-17-18-19-20-26-21-23-27(24-22-26)25(2)3/h21-25H,4-20H2,1-3H3. The van der Waals surface area contributed by atoms with Crippen LogP contribution in [0.25, 0.3) is 0 Å². The average molecular weight is 373 g/mol. The van der Waals surface area contributed by atoms with Crippen molar-refractivity contribution in [1.82, 2.24) is 0 Å². The van der Waals surface area contributed by atoms with Crippen molar-refractivity contribution < 1.29 is 0 Å². The Hall–Kier alpha value is -0.780. The first kappa shape index (κ1) is 24.3. The Morgan fingerprint density at radius 2 is 0.889 bits per heavy atom. The van der Waals surface area contributed by atoms with Gasteiger partial charge in [-0.15, -0.1) is 0 Å². The highest BCUT2D eigenvalue weighted by Gasteiger charge is 1.99. The lowest BCUT2D eigenvalue weighted by atomic mass is 9.99. The number of benzene rings is 1. The molecule has 0 atom stereocenters. The van der Waals surface area contributed by atoms with Crippen LogP contribution in [0.4, 0.5) is 0 Å². The van der Waals surface area contributed by atoms with Gasteiger partial charge >= 0.3 is 0 Å². The molecule has 0 bridgehead atoms. The van der Waals surface area contributed by atoms with Crippen LogP contribution < -0.4 is 0 Å². The number of unbranched alkanes of at least 4 members (excludes halogenated alkanes) is 15. The van der Waals surface area contributed by atoms with Crippen molar-refractivity contribution in [3.05, 3.63) is 35.4 Å². The lowest BCUT2D eigenvalue weighted by molar-refractivity contribution is 0.529. The molecule has 1 aromatic rings. The van der Waals surface area contributed by atoms with Crippen molar-refractivity contribution in [2.24, 2.45) is 0 Å². The summed E-state index contributed by atoms with van der Waals surface area (Å²) in [6.45, 7) is 6.84. The van der Waals surface area contributed by atoms with Gasteiger partial charge in [0.15, 0.2) is 0 Å². The SMILES string of the molecule is CCCCCCCCCCCCCCCCCCc1ccc(C(C)C)cc1. The largest absolute Gasteiger partial charge is 0.0654 e. The van der Waals surface area contributed by atoms with Crippen LogP contribution in [-0.4, -0.2) is 0 Å². The van der Waals surface area contributed by atoms with Crippen molar-refractivity contribution >= 4 is 0 Å². The Kier molecular flexibility index (Phi) is 15.6. The third-order valence-electron chi connectivity index (χ3n) is 5.97. The molecule has 1 rings (SSSR count). The zero-order chi connectivity index (χ0) is 19.6. The predicted octanol–water partition coefficient (Wildman–Crippen LogP) is 9.61. The van der Waals surface area contributed by atoms with E-state index in [1.54, 1.807) is 0 Å². The molecule has 27 heavy (non-hydrogen) atoms. The molecule has 0 aliphatic rings. The summed E-state index contributed by atoms with van der Waals surface area (Å²) in [6, 6.07) is 9.29. The van der Waals surface area contributed by atoms with Crippen molar-refractivity contribution in [1.29, 1.82) is 0 Å². The molecule has 0 amide bonds.